The molecular weight excluding hydrogens is 244 g/mol. The molecule has 112 valence electrons. The Morgan fingerprint density at radius 2 is 1.79 bits per heavy atom. The van der Waals surface area contributed by atoms with Gasteiger partial charge in [-0.25, -0.2) is 0 Å². The van der Waals surface area contributed by atoms with E-state index in [1.807, 2.05) is 0 Å². The van der Waals surface area contributed by atoms with Crippen LogP contribution in [0.1, 0.15) is 47.0 Å². The monoisotopic (exact) mass is 272 g/mol. The molecule has 0 aromatic carbocycles. The zero-order valence-corrected chi connectivity index (χ0v) is 12.9. The maximum Gasteiger partial charge on any atom is 0.325 e. The second-order valence-electron chi connectivity index (χ2n) is 5.70. The van der Waals surface area contributed by atoms with Crippen LogP contribution in [-0.2, 0) is 14.3 Å². The van der Waals surface area contributed by atoms with Crippen molar-refractivity contribution < 1.29 is 14.3 Å². The number of carbonyl (C=O) groups excluding carboxylic acids is 2. The van der Waals surface area contributed by atoms with Crippen LogP contribution in [0.2, 0.25) is 0 Å². The largest absolute Gasteiger partial charge is 0.468 e. The summed E-state index contributed by atoms with van der Waals surface area (Å²) in [6.45, 7) is 8.36. The number of methoxy groups -OCH3 is 1. The van der Waals surface area contributed by atoms with E-state index < -0.39 is 11.5 Å². The normalized spacial score (nSPS) is 11.5. The molecule has 0 aromatic heterocycles. The van der Waals surface area contributed by atoms with Crippen molar-refractivity contribution in [2.75, 3.05) is 20.2 Å². The number of amides is 1. The first-order chi connectivity index (χ1) is 8.73. The highest BCUT2D eigenvalue weighted by Gasteiger charge is 2.25. The van der Waals surface area contributed by atoms with Crippen molar-refractivity contribution in [1.29, 1.82) is 0 Å². The van der Waals surface area contributed by atoms with Crippen LogP contribution in [0.15, 0.2) is 0 Å². The predicted molar refractivity (Wildman–Crippen MR) is 75.6 cm³/mol. The summed E-state index contributed by atoms with van der Waals surface area (Å²) < 4.78 is 4.65. The Bertz CT molecular complexity index is 294. The highest BCUT2D eigenvalue weighted by atomic mass is 16.5. The van der Waals surface area contributed by atoms with Crippen LogP contribution >= 0.6 is 0 Å². The standard InChI is InChI=1S/C14H28N2O3/c1-6-11(7-2)9-16(10-13(18)19-5)12(17)8-14(3,4)15/h11H,6-10,15H2,1-5H3. The molecule has 0 rings (SSSR count). The van der Waals surface area contributed by atoms with Gasteiger partial charge in [-0.15, -0.1) is 0 Å². The number of hydrogen-bond donors (Lipinski definition) is 1. The van der Waals surface area contributed by atoms with E-state index in [2.05, 4.69) is 18.6 Å². The lowest BCUT2D eigenvalue weighted by Gasteiger charge is -2.28. The van der Waals surface area contributed by atoms with Crippen molar-refractivity contribution in [1.82, 2.24) is 4.90 Å². The summed E-state index contributed by atoms with van der Waals surface area (Å²) in [6.07, 6.45) is 2.19. The summed E-state index contributed by atoms with van der Waals surface area (Å²) in [5.41, 5.74) is 5.30. The van der Waals surface area contributed by atoms with Gasteiger partial charge in [0.2, 0.25) is 5.91 Å². The van der Waals surface area contributed by atoms with Crippen LogP contribution in [0.3, 0.4) is 0 Å². The zero-order chi connectivity index (χ0) is 15.1. The summed E-state index contributed by atoms with van der Waals surface area (Å²) in [5, 5.41) is 0. The van der Waals surface area contributed by atoms with E-state index in [4.69, 9.17) is 5.73 Å². The summed E-state index contributed by atoms with van der Waals surface area (Å²) >= 11 is 0. The summed E-state index contributed by atoms with van der Waals surface area (Å²) in [7, 11) is 1.33. The lowest BCUT2D eigenvalue weighted by atomic mass is 9.99. The molecule has 0 aliphatic heterocycles. The van der Waals surface area contributed by atoms with Gasteiger partial charge >= 0.3 is 5.97 Å². The van der Waals surface area contributed by atoms with E-state index in [0.717, 1.165) is 12.8 Å². The molecule has 5 heteroatoms. The maximum absolute atomic E-state index is 12.2. The minimum Gasteiger partial charge on any atom is -0.468 e. The van der Waals surface area contributed by atoms with Crippen molar-refractivity contribution in [3.63, 3.8) is 0 Å². The number of esters is 1. The van der Waals surface area contributed by atoms with Gasteiger partial charge in [0.25, 0.3) is 0 Å². The van der Waals surface area contributed by atoms with Gasteiger partial charge in [-0.3, -0.25) is 9.59 Å². The molecule has 0 bridgehead atoms. The molecule has 0 saturated carbocycles. The molecule has 0 saturated heterocycles. The predicted octanol–water partition coefficient (Wildman–Crippen LogP) is 1.55. The van der Waals surface area contributed by atoms with Gasteiger partial charge in [-0.1, -0.05) is 26.7 Å². The molecule has 0 spiro atoms. The maximum atomic E-state index is 12.2. The van der Waals surface area contributed by atoms with E-state index >= 15 is 0 Å². The Labute approximate surface area is 116 Å². The third kappa shape index (κ3) is 7.82. The molecule has 0 aliphatic rings. The number of ether oxygens (including phenoxy) is 1. The number of nitrogens with two attached hydrogens (primary N) is 1. The van der Waals surface area contributed by atoms with Gasteiger partial charge in [0.15, 0.2) is 0 Å². The molecule has 0 aromatic rings. The average Bonchev–Trinajstić information content (AvgIpc) is 2.31. The fraction of sp³-hybridized carbons (Fsp3) is 0.857. The molecule has 0 fully saturated rings. The SMILES string of the molecule is CCC(CC)CN(CC(=O)OC)C(=O)CC(C)(C)N. The topological polar surface area (TPSA) is 72.6 Å². The highest BCUT2D eigenvalue weighted by molar-refractivity contribution is 5.82. The first-order valence-corrected chi connectivity index (χ1v) is 6.86. The van der Waals surface area contributed by atoms with Gasteiger partial charge in [-0.05, 0) is 19.8 Å². The van der Waals surface area contributed by atoms with Gasteiger partial charge in [-0.2, -0.15) is 0 Å². The van der Waals surface area contributed by atoms with Gasteiger partial charge < -0.3 is 15.4 Å². The van der Waals surface area contributed by atoms with E-state index in [1.165, 1.54) is 7.11 Å². The van der Waals surface area contributed by atoms with E-state index in [1.54, 1.807) is 18.7 Å². The first-order valence-electron chi connectivity index (χ1n) is 6.86. The van der Waals surface area contributed by atoms with Crippen LogP contribution in [0.4, 0.5) is 0 Å². The highest BCUT2D eigenvalue weighted by Crippen LogP contribution is 2.13. The molecule has 2 N–H and O–H groups in total. The van der Waals surface area contributed by atoms with Gasteiger partial charge in [0.05, 0.1) is 7.11 Å². The summed E-state index contributed by atoms with van der Waals surface area (Å²) in [6, 6.07) is 0. The fourth-order valence-corrected chi connectivity index (χ4v) is 1.84. The third-order valence-electron chi connectivity index (χ3n) is 3.14. The number of rotatable bonds is 8. The quantitative estimate of drug-likeness (QED) is 0.680. The van der Waals surface area contributed by atoms with Crippen molar-refractivity contribution in [2.45, 2.75) is 52.5 Å². The van der Waals surface area contributed by atoms with E-state index in [-0.39, 0.29) is 18.9 Å². The zero-order valence-electron chi connectivity index (χ0n) is 12.9. The van der Waals surface area contributed by atoms with Crippen LogP contribution in [0, 0.1) is 5.92 Å². The molecular formula is C14H28N2O3. The Morgan fingerprint density at radius 1 is 1.26 bits per heavy atom. The van der Waals surface area contributed by atoms with Crippen LogP contribution in [-0.4, -0.2) is 42.5 Å². The Hall–Kier alpha value is -1.10. The minimum atomic E-state index is -0.570. The van der Waals surface area contributed by atoms with Crippen LogP contribution in [0.25, 0.3) is 0 Å². The smallest absolute Gasteiger partial charge is 0.325 e. The molecule has 1 amide bonds. The molecule has 0 unspecified atom stereocenters. The van der Waals surface area contributed by atoms with Crippen molar-refractivity contribution in [3.05, 3.63) is 0 Å². The van der Waals surface area contributed by atoms with E-state index in [0.29, 0.717) is 12.5 Å². The molecule has 0 radical (unpaired) electrons. The molecule has 0 aliphatic carbocycles. The van der Waals surface area contributed by atoms with Crippen LogP contribution < -0.4 is 5.73 Å². The summed E-state index contributed by atoms with van der Waals surface area (Å²) in [4.78, 5) is 25.2. The molecule has 19 heavy (non-hydrogen) atoms. The fourth-order valence-electron chi connectivity index (χ4n) is 1.84. The number of nitrogens with zero attached hydrogens (tertiary/aromatic N) is 1. The van der Waals surface area contributed by atoms with Gasteiger partial charge in [0.1, 0.15) is 6.54 Å². The van der Waals surface area contributed by atoms with Gasteiger partial charge in [0, 0.05) is 18.5 Å². The van der Waals surface area contributed by atoms with Crippen LogP contribution in [0.5, 0.6) is 0 Å². The Balaban J connectivity index is 4.74. The molecule has 0 atom stereocenters. The average molecular weight is 272 g/mol. The Kier molecular flexibility index (Phi) is 7.68. The second-order valence-corrected chi connectivity index (χ2v) is 5.70. The lowest BCUT2D eigenvalue weighted by Crippen LogP contribution is -2.44. The number of carbonyl (C=O) groups is 2. The first kappa shape index (κ1) is 17.9. The second kappa shape index (κ2) is 8.15. The third-order valence-corrected chi connectivity index (χ3v) is 3.14. The molecule has 5 nitrogen and oxygen atoms in total. The van der Waals surface area contributed by atoms with Crippen molar-refractivity contribution in [3.8, 4) is 0 Å². The molecule has 0 heterocycles. The van der Waals surface area contributed by atoms with E-state index in [9.17, 15) is 9.59 Å². The van der Waals surface area contributed by atoms with Crippen molar-refractivity contribution in [2.24, 2.45) is 11.7 Å². The van der Waals surface area contributed by atoms with Crippen molar-refractivity contribution >= 4 is 11.9 Å². The minimum absolute atomic E-state index is 0.00190. The summed E-state index contributed by atoms with van der Waals surface area (Å²) in [5.74, 6) is -0.0894. The lowest BCUT2D eigenvalue weighted by molar-refractivity contribution is -0.147. The number of hydrogen-bond acceptors (Lipinski definition) is 4. The Morgan fingerprint density at radius 3 is 2.16 bits per heavy atom.